The topological polar surface area (TPSA) is 58.2 Å². The molecule has 0 aromatic heterocycles. The number of carbonyl (C=O) groups excluding carboxylic acids is 2. The number of amides is 2. The van der Waals surface area contributed by atoms with Gasteiger partial charge in [0.05, 0.1) is 5.69 Å². The van der Waals surface area contributed by atoms with Crippen molar-refractivity contribution >= 4 is 33.4 Å². The third-order valence-electron chi connectivity index (χ3n) is 2.34. The van der Waals surface area contributed by atoms with Crippen LogP contribution in [0.1, 0.15) is 20.3 Å². The van der Waals surface area contributed by atoms with E-state index < -0.39 is 11.8 Å². The lowest BCUT2D eigenvalue weighted by Crippen LogP contribution is -2.36. The highest BCUT2D eigenvalue weighted by molar-refractivity contribution is 9.10. The van der Waals surface area contributed by atoms with Crippen molar-refractivity contribution in [3.63, 3.8) is 0 Å². The predicted molar refractivity (Wildman–Crippen MR) is 75.2 cm³/mol. The first-order valence-corrected chi connectivity index (χ1v) is 6.63. The summed E-state index contributed by atoms with van der Waals surface area (Å²) in [5.74, 6) is -0.756. The highest BCUT2D eigenvalue weighted by atomic mass is 79.9. The molecule has 18 heavy (non-hydrogen) atoms. The van der Waals surface area contributed by atoms with Crippen LogP contribution in [0.3, 0.4) is 0 Å². The van der Waals surface area contributed by atoms with Crippen molar-refractivity contribution in [3.05, 3.63) is 28.7 Å². The molecule has 2 amide bonds. The Hall–Kier alpha value is -1.36. The molecule has 0 aliphatic carbocycles. The number of anilines is 1. The van der Waals surface area contributed by atoms with E-state index in [0.717, 1.165) is 10.9 Å². The summed E-state index contributed by atoms with van der Waals surface area (Å²) in [5, 5.41) is 5.14. The molecule has 0 spiro atoms. The fourth-order valence-corrected chi connectivity index (χ4v) is 1.68. The third-order valence-corrected chi connectivity index (χ3v) is 3.03. The highest BCUT2D eigenvalue weighted by Gasteiger charge is 2.14. The largest absolute Gasteiger partial charge is 0.348 e. The van der Waals surface area contributed by atoms with Crippen molar-refractivity contribution in [2.24, 2.45) is 5.92 Å². The molecule has 0 saturated heterocycles. The SMILES string of the molecule is CC(C)CCNC(=O)C(=O)Nc1ccccc1Br. The van der Waals surface area contributed by atoms with E-state index in [2.05, 4.69) is 40.4 Å². The number of halogens is 1. The fourth-order valence-electron chi connectivity index (χ4n) is 1.30. The maximum Gasteiger partial charge on any atom is 0.313 e. The van der Waals surface area contributed by atoms with Crippen molar-refractivity contribution in [2.45, 2.75) is 20.3 Å². The van der Waals surface area contributed by atoms with Crippen molar-refractivity contribution in [2.75, 3.05) is 11.9 Å². The monoisotopic (exact) mass is 312 g/mol. The lowest BCUT2D eigenvalue weighted by Gasteiger charge is -2.08. The van der Waals surface area contributed by atoms with Crippen LogP contribution in [-0.4, -0.2) is 18.4 Å². The van der Waals surface area contributed by atoms with Gasteiger partial charge < -0.3 is 10.6 Å². The molecule has 1 aromatic carbocycles. The van der Waals surface area contributed by atoms with Gasteiger partial charge in [0.2, 0.25) is 0 Å². The van der Waals surface area contributed by atoms with E-state index in [-0.39, 0.29) is 0 Å². The first kappa shape index (κ1) is 14.7. The van der Waals surface area contributed by atoms with Crippen LogP contribution in [0.25, 0.3) is 0 Å². The average Bonchev–Trinajstić information content (AvgIpc) is 2.31. The summed E-state index contributed by atoms with van der Waals surface area (Å²) < 4.78 is 0.744. The Morgan fingerprint density at radius 1 is 1.22 bits per heavy atom. The number of benzene rings is 1. The molecule has 5 heteroatoms. The molecule has 0 radical (unpaired) electrons. The van der Waals surface area contributed by atoms with Gasteiger partial charge in [0.1, 0.15) is 0 Å². The van der Waals surface area contributed by atoms with Gasteiger partial charge in [0, 0.05) is 11.0 Å². The summed E-state index contributed by atoms with van der Waals surface area (Å²) in [6, 6.07) is 7.15. The summed E-state index contributed by atoms with van der Waals surface area (Å²) in [4.78, 5) is 23.1. The predicted octanol–water partition coefficient (Wildman–Crippen LogP) is 2.55. The molecule has 0 unspecified atom stereocenters. The molecule has 2 N–H and O–H groups in total. The number of nitrogens with one attached hydrogen (secondary N) is 2. The summed E-state index contributed by atoms with van der Waals surface area (Å²) >= 11 is 3.30. The van der Waals surface area contributed by atoms with Crippen LogP contribution in [-0.2, 0) is 9.59 Å². The second-order valence-corrected chi connectivity index (χ2v) is 5.23. The van der Waals surface area contributed by atoms with Crippen LogP contribution in [0.2, 0.25) is 0 Å². The number of para-hydroxylation sites is 1. The number of hydrogen-bond acceptors (Lipinski definition) is 2. The maximum atomic E-state index is 11.6. The molecule has 0 aliphatic rings. The second-order valence-electron chi connectivity index (χ2n) is 4.37. The Morgan fingerprint density at radius 2 is 1.89 bits per heavy atom. The van der Waals surface area contributed by atoms with Crippen LogP contribution in [0, 0.1) is 5.92 Å². The lowest BCUT2D eigenvalue weighted by atomic mass is 10.1. The van der Waals surface area contributed by atoms with Gasteiger partial charge in [0.15, 0.2) is 0 Å². The van der Waals surface area contributed by atoms with Crippen LogP contribution in [0.4, 0.5) is 5.69 Å². The minimum absolute atomic E-state index is 0.497. The number of carbonyl (C=O) groups is 2. The molecular weight excluding hydrogens is 296 g/mol. The van der Waals surface area contributed by atoms with Crippen molar-refractivity contribution in [1.82, 2.24) is 5.32 Å². The first-order chi connectivity index (χ1) is 8.50. The Kier molecular flexibility index (Phi) is 5.85. The van der Waals surface area contributed by atoms with E-state index >= 15 is 0 Å². The molecule has 0 saturated carbocycles. The van der Waals surface area contributed by atoms with Gasteiger partial charge in [-0.3, -0.25) is 9.59 Å². The molecule has 4 nitrogen and oxygen atoms in total. The standard InChI is InChI=1S/C13H17BrN2O2/c1-9(2)7-8-15-12(17)13(18)16-11-6-4-3-5-10(11)14/h3-6,9H,7-8H2,1-2H3,(H,15,17)(H,16,18). The molecule has 0 atom stereocenters. The molecule has 0 aliphatic heterocycles. The van der Waals surface area contributed by atoms with E-state index in [1.807, 2.05) is 6.07 Å². The summed E-state index contributed by atoms with van der Waals surface area (Å²) in [6.45, 7) is 4.64. The summed E-state index contributed by atoms with van der Waals surface area (Å²) in [6.07, 6.45) is 0.855. The van der Waals surface area contributed by atoms with Crippen molar-refractivity contribution in [3.8, 4) is 0 Å². The van der Waals surface area contributed by atoms with Crippen LogP contribution >= 0.6 is 15.9 Å². The van der Waals surface area contributed by atoms with E-state index in [0.29, 0.717) is 18.2 Å². The fraction of sp³-hybridized carbons (Fsp3) is 0.385. The van der Waals surface area contributed by atoms with Crippen LogP contribution in [0.15, 0.2) is 28.7 Å². The van der Waals surface area contributed by atoms with Gasteiger partial charge in [-0.25, -0.2) is 0 Å². The Labute approximate surface area is 115 Å². The van der Waals surface area contributed by atoms with Gasteiger partial charge >= 0.3 is 11.8 Å². The van der Waals surface area contributed by atoms with Crippen molar-refractivity contribution < 1.29 is 9.59 Å². The zero-order valence-corrected chi connectivity index (χ0v) is 12.1. The Bertz CT molecular complexity index is 433. The number of hydrogen-bond donors (Lipinski definition) is 2. The van der Waals surface area contributed by atoms with Crippen LogP contribution in [0.5, 0.6) is 0 Å². The van der Waals surface area contributed by atoms with E-state index in [4.69, 9.17) is 0 Å². The molecule has 98 valence electrons. The average molecular weight is 313 g/mol. The molecule has 0 bridgehead atoms. The molecule has 1 aromatic rings. The lowest BCUT2D eigenvalue weighted by molar-refractivity contribution is -0.136. The summed E-state index contributed by atoms with van der Waals surface area (Å²) in [7, 11) is 0. The van der Waals surface area contributed by atoms with Gasteiger partial charge in [-0.1, -0.05) is 26.0 Å². The van der Waals surface area contributed by atoms with Crippen molar-refractivity contribution in [1.29, 1.82) is 0 Å². The smallest absolute Gasteiger partial charge is 0.313 e. The number of rotatable bonds is 4. The normalized spacial score (nSPS) is 10.2. The van der Waals surface area contributed by atoms with Gasteiger partial charge in [-0.15, -0.1) is 0 Å². The van der Waals surface area contributed by atoms with Crippen LogP contribution < -0.4 is 10.6 Å². The molecule has 0 heterocycles. The summed E-state index contributed by atoms with van der Waals surface area (Å²) in [5.41, 5.74) is 0.585. The first-order valence-electron chi connectivity index (χ1n) is 5.84. The zero-order chi connectivity index (χ0) is 13.5. The Balaban J connectivity index is 2.46. The minimum atomic E-state index is -0.648. The maximum absolute atomic E-state index is 11.6. The molecule has 1 rings (SSSR count). The van der Waals surface area contributed by atoms with E-state index in [1.54, 1.807) is 18.2 Å². The van der Waals surface area contributed by atoms with Gasteiger partial charge in [-0.05, 0) is 40.4 Å². The van der Waals surface area contributed by atoms with Gasteiger partial charge in [0.25, 0.3) is 0 Å². The van der Waals surface area contributed by atoms with E-state index in [9.17, 15) is 9.59 Å². The highest BCUT2D eigenvalue weighted by Crippen LogP contribution is 2.20. The molecular formula is C13H17BrN2O2. The second kappa shape index (κ2) is 7.16. The molecule has 0 fully saturated rings. The third kappa shape index (κ3) is 4.87. The van der Waals surface area contributed by atoms with Gasteiger partial charge in [-0.2, -0.15) is 0 Å². The quantitative estimate of drug-likeness (QED) is 0.839. The zero-order valence-electron chi connectivity index (χ0n) is 10.5. The Morgan fingerprint density at radius 3 is 2.50 bits per heavy atom. The minimum Gasteiger partial charge on any atom is -0.348 e. The van der Waals surface area contributed by atoms with E-state index in [1.165, 1.54) is 0 Å².